The number of nitrogens with one attached hydrogen (secondary N) is 1. The highest BCUT2D eigenvalue weighted by atomic mass is 35.5. The SMILES string of the molecule is CCN1C[C@H](CO)N(C(=O)NC(C(=O)C[C@H]2Cc3ccc(F)c(C(=O)O)c3OB2O)c2ccc(O)c(O)c2Cl)C(=O)C1=O. The summed E-state index contributed by atoms with van der Waals surface area (Å²) in [5, 5.41) is 51.6. The molecule has 14 nitrogen and oxygen atoms in total. The lowest BCUT2D eigenvalue weighted by atomic mass is 9.64. The minimum absolute atomic E-state index is 0.134. The molecule has 228 valence electrons. The molecule has 0 bridgehead atoms. The number of urea groups is 1. The van der Waals surface area contributed by atoms with Gasteiger partial charge in [0.15, 0.2) is 17.3 Å². The number of phenolic OH excluding ortho intramolecular Hbond substituents is 2. The summed E-state index contributed by atoms with van der Waals surface area (Å²) in [6.45, 7) is 0.861. The highest BCUT2D eigenvalue weighted by Crippen LogP contribution is 2.41. The number of likely N-dealkylation sites (N-methyl/N-ethyl adjacent to an activating group) is 1. The van der Waals surface area contributed by atoms with Gasteiger partial charge >= 0.3 is 30.9 Å². The van der Waals surface area contributed by atoms with Crippen LogP contribution >= 0.6 is 11.6 Å². The summed E-state index contributed by atoms with van der Waals surface area (Å²) in [4.78, 5) is 65.5. The molecular weight excluding hydrogens is 596 g/mol. The van der Waals surface area contributed by atoms with E-state index in [1.165, 1.54) is 6.07 Å². The van der Waals surface area contributed by atoms with Gasteiger partial charge in [0.05, 0.1) is 17.7 Å². The van der Waals surface area contributed by atoms with E-state index in [1.54, 1.807) is 6.92 Å². The van der Waals surface area contributed by atoms with Crippen molar-refractivity contribution in [3.8, 4) is 17.2 Å². The van der Waals surface area contributed by atoms with Crippen molar-refractivity contribution in [1.29, 1.82) is 0 Å². The number of amides is 4. The average molecular weight is 622 g/mol. The van der Waals surface area contributed by atoms with Gasteiger partial charge < -0.3 is 40.3 Å². The number of rotatable bonds is 8. The minimum atomic E-state index is -1.78. The first kappa shape index (κ1) is 31.5. The topological polar surface area (TPSA) is 214 Å². The second kappa shape index (κ2) is 12.4. The fraction of sp³-hybridized carbons (Fsp3) is 0.346. The Hall–Kier alpha value is -4.41. The number of imide groups is 1. The number of nitrogens with zero attached hydrogens (tertiary/aromatic N) is 2. The molecule has 2 aromatic rings. The van der Waals surface area contributed by atoms with Crippen molar-refractivity contribution in [1.82, 2.24) is 15.1 Å². The number of carbonyl (C=O) groups excluding carboxylic acids is 4. The molecule has 2 aliphatic rings. The molecular formula is C26H26BClFN3O11. The highest BCUT2D eigenvalue weighted by molar-refractivity contribution is 6.47. The Morgan fingerprint density at radius 1 is 1.19 bits per heavy atom. The number of piperazine rings is 1. The molecule has 0 saturated carbocycles. The zero-order valence-electron chi connectivity index (χ0n) is 22.5. The van der Waals surface area contributed by atoms with Crippen LogP contribution in [0, 0.1) is 5.82 Å². The van der Waals surface area contributed by atoms with E-state index in [-0.39, 0.29) is 30.6 Å². The summed E-state index contributed by atoms with van der Waals surface area (Å²) in [6.07, 6.45) is -0.695. The molecule has 2 aliphatic heterocycles. The van der Waals surface area contributed by atoms with Crippen molar-refractivity contribution >= 4 is 48.3 Å². The van der Waals surface area contributed by atoms with Gasteiger partial charge in [-0.05, 0) is 31.0 Å². The third-order valence-corrected chi connectivity index (χ3v) is 7.71. The van der Waals surface area contributed by atoms with Crippen molar-refractivity contribution < 1.29 is 58.5 Å². The zero-order chi connectivity index (χ0) is 31.7. The number of carboxylic acid groups (broad SMARTS) is 1. The second-order valence-corrected chi connectivity index (χ2v) is 10.3. The Balaban J connectivity index is 1.66. The Labute approximate surface area is 248 Å². The lowest BCUT2D eigenvalue weighted by molar-refractivity contribution is -0.156. The van der Waals surface area contributed by atoms with Crippen LogP contribution in [0.4, 0.5) is 9.18 Å². The number of aromatic hydroxyl groups is 2. The summed E-state index contributed by atoms with van der Waals surface area (Å²) in [7, 11) is -1.78. The van der Waals surface area contributed by atoms with Crippen LogP contribution in [-0.2, 0) is 20.8 Å². The molecule has 6 N–H and O–H groups in total. The smallest absolute Gasteiger partial charge is 0.526 e. The van der Waals surface area contributed by atoms with Crippen LogP contribution in [-0.4, -0.2) is 97.7 Å². The number of fused-ring (bicyclic) bond motifs is 1. The molecule has 1 fully saturated rings. The number of ketones is 1. The van der Waals surface area contributed by atoms with Gasteiger partial charge in [0.2, 0.25) is 0 Å². The first-order valence-electron chi connectivity index (χ1n) is 13.0. The number of halogens is 2. The average Bonchev–Trinajstić information content (AvgIpc) is 2.96. The number of phenols is 2. The number of hydrogen-bond donors (Lipinski definition) is 6. The van der Waals surface area contributed by atoms with Crippen molar-refractivity contribution in [3.63, 3.8) is 0 Å². The lowest BCUT2D eigenvalue weighted by Gasteiger charge is -2.38. The highest BCUT2D eigenvalue weighted by Gasteiger charge is 2.44. The molecule has 2 aromatic carbocycles. The van der Waals surface area contributed by atoms with Gasteiger partial charge in [-0.3, -0.25) is 14.4 Å². The monoisotopic (exact) mass is 621 g/mol. The van der Waals surface area contributed by atoms with Crippen LogP contribution in [0.25, 0.3) is 0 Å². The van der Waals surface area contributed by atoms with E-state index in [1.807, 2.05) is 0 Å². The number of carboxylic acids is 1. The second-order valence-electron chi connectivity index (χ2n) is 9.93. The summed E-state index contributed by atoms with van der Waals surface area (Å²) in [5.74, 6) is -8.74. The van der Waals surface area contributed by atoms with E-state index in [2.05, 4.69) is 5.32 Å². The van der Waals surface area contributed by atoms with E-state index in [4.69, 9.17) is 16.3 Å². The molecule has 4 amide bonds. The predicted molar refractivity (Wildman–Crippen MR) is 145 cm³/mol. The van der Waals surface area contributed by atoms with Crippen molar-refractivity contribution in [3.05, 3.63) is 51.8 Å². The summed E-state index contributed by atoms with van der Waals surface area (Å²) in [6, 6.07) is 0.123. The quantitative estimate of drug-likeness (QED) is 0.138. The summed E-state index contributed by atoms with van der Waals surface area (Å²) in [5.41, 5.74) is -0.825. The Morgan fingerprint density at radius 3 is 2.51 bits per heavy atom. The van der Waals surface area contributed by atoms with Gasteiger partial charge in [0.1, 0.15) is 23.2 Å². The Bertz CT molecular complexity index is 1510. The molecule has 1 saturated heterocycles. The number of carbonyl (C=O) groups is 5. The van der Waals surface area contributed by atoms with Gasteiger partial charge in [0.25, 0.3) is 0 Å². The fourth-order valence-electron chi connectivity index (χ4n) is 5.06. The maximum Gasteiger partial charge on any atom is 0.526 e. The molecule has 43 heavy (non-hydrogen) atoms. The van der Waals surface area contributed by atoms with E-state index in [0.717, 1.165) is 23.1 Å². The predicted octanol–water partition coefficient (Wildman–Crippen LogP) is 0.836. The molecule has 0 aliphatic carbocycles. The Kier molecular flexibility index (Phi) is 9.13. The largest absolute Gasteiger partial charge is 0.535 e. The molecule has 0 aromatic heterocycles. The van der Waals surface area contributed by atoms with E-state index < -0.39 is 101 Å². The third-order valence-electron chi connectivity index (χ3n) is 7.31. The van der Waals surface area contributed by atoms with Crippen LogP contribution in [0.1, 0.15) is 40.9 Å². The van der Waals surface area contributed by atoms with Gasteiger partial charge in [-0.25, -0.2) is 18.9 Å². The van der Waals surface area contributed by atoms with Crippen molar-refractivity contribution in [2.45, 2.75) is 37.7 Å². The first-order valence-corrected chi connectivity index (χ1v) is 13.3. The minimum Gasteiger partial charge on any atom is -0.535 e. The maximum atomic E-state index is 14.1. The van der Waals surface area contributed by atoms with Crippen LogP contribution in [0.2, 0.25) is 10.8 Å². The first-order chi connectivity index (χ1) is 20.3. The van der Waals surface area contributed by atoms with Crippen LogP contribution < -0.4 is 9.97 Å². The fourth-order valence-corrected chi connectivity index (χ4v) is 5.33. The number of aromatic carboxylic acids is 1. The molecule has 0 spiro atoms. The molecule has 2 heterocycles. The standard InChI is InChI=1S/C26H26BClFN3O11/c1-2-31-9-13(10-33)32(24(38)23(31)37)26(41)30-20(14-4-6-16(34)21(36)19(14)28)17(35)8-12-7-11-3-5-15(29)18(25(39)40)22(11)43-27(12)42/h3-6,12-13,20,33-34,36,42H,2,7-10H2,1H3,(H,30,41)(H,39,40)/t12-,13-,20?/m1/s1. The number of aliphatic hydroxyl groups is 1. The van der Waals surface area contributed by atoms with Gasteiger partial charge in [-0.15, -0.1) is 0 Å². The Morgan fingerprint density at radius 2 is 1.88 bits per heavy atom. The number of benzene rings is 2. The normalized spacial score (nSPS) is 19.0. The van der Waals surface area contributed by atoms with E-state index in [0.29, 0.717) is 4.90 Å². The van der Waals surface area contributed by atoms with Gasteiger partial charge in [-0.2, -0.15) is 0 Å². The van der Waals surface area contributed by atoms with Gasteiger partial charge in [-0.1, -0.05) is 23.7 Å². The zero-order valence-corrected chi connectivity index (χ0v) is 23.2. The summed E-state index contributed by atoms with van der Waals surface area (Å²) >= 11 is 6.19. The molecule has 0 radical (unpaired) electrons. The van der Waals surface area contributed by atoms with Crippen molar-refractivity contribution in [2.24, 2.45) is 0 Å². The van der Waals surface area contributed by atoms with Crippen molar-refractivity contribution in [2.75, 3.05) is 19.7 Å². The molecule has 4 rings (SSSR count). The number of aliphatic hydroxyl groups excluding tert-OH is 1. The van der Waals surface area contributed by atoms with Crippen LogP contribution in [0.15, 0.2) is 24.3 Å². The van der Waals surface area contributed by atoms with E-state index >= 15 is 0 Å². The molecule has 3 atom stereocenters. The summed E-state index contributed by atoms with van der Waals surface area (Å²) < 4.78 is 19.4. The van der Waals surface area contributed by atoms with E-state index in [9.17, 15) is 53.8 Å². The maximum absolute atomic E-state index is 14.1. The number of Topliss-reactive ketones (excluding diaryl/α,β-unsaturated/α-hetero) is 1. The third kappa shape index (κ3) is 5.93. The van der Waals surface area contributed by atoms with Gasteiger partial charge in [0, 0.05) is 30.9 Å². The number of hydrogen-bond acceptors (Lipinski definition) is 10. The molecule has 1 unspecified atom stereocenters. The van der Waals surface area contributed by atoms with Crippen LogP contribution in [0.5, 0.6) is 17.2 Å². The van der Waals surface area contributed by atoms with Crippen LogP contribution in [0.3, 0.4) is 0 Å². The molecule has 17 heteroatoms. The lowest BCUT2D eigenvalue weighted by Crippen LogP contribution is -2.64.